The molecule has 0 aliphatic carbocycles. The smallest absolute Gasteiger partial charge is 0.322 e. The van der Waals surface area contributed by atoms with Gasteiger partial charge in [-0.2, -0.15) is 0 Å². The third kappa shape index (κ3) is 20.2. The van der Waals surface area contributed by atoms with Gasteiger partial charge in [-0.15, -0.1) is 0 Å². The molecule has 25 heteroatoms. The monoisotopic (exact) mass is 883 g/mol. The van der Waals surface area contributed by atoms with Crippen LogP contribution in [0.25, 0.3) is 0 Å². The zero-order chi connectivity index (χ0) is 47.1. The maximum atomic E-state index is 13.4. The van der Waals surface area contributed by atoms with Crippen molar-refractivity contribution in [2.45, 2.75) is 62.3 Å². The van der Waals surface area contributed by atoms with Crippen LogP contribution >= 0.6 is 0 Å². The van der Waals surface area contributed by atoms with Crippen molar-refractivity contribution < 1.29 is 67.7 Å². The number of primary amides is 2. The number of rotatable bonds is 27. The number of amides is 10. The number of carboxylic acids is 2. The van der Waals surface area contributed by atoms with E-state index < -0.39 is 147 Å². The SMILES string of the molecule is NCC(=O)N[C@@H](Cc1ccccc1)C(=O)NCC(=O)NCC(=O)N[C@@H](CC(N)=O)C(=O)N[C@@H](CC(=O)O)C(=O)N[C@@H](CC(N)=O)C(=O)N[C@@H](Cc1ccccc1)C(=O)NCC(=O)O. The van der Waals surface area contributed by atoms with E-state index in [2.05, 4.69) is 37.2 Å². The number of hydrogen-bond acceptors (Lipinski definition) is 13. The molecule has 0 fully saturated rings. The first kappa shape index (κ1) is 51.2. The molecule has 2 rings (SSSR count). The number of nitrogens with two attached hydrogens (primary N) is 3. The highest BCUT2D eigenvalue weighted by Gasteiger charge is 2.34. The molecule has 25 nitrogen and oxygen atoms in total. The maximum Gasteiger partial charge on any atom is 0.322 e. The van der Waals surface area contributed by atoms with Gasteiger partial charge in [-0.25, -0.2) is 0 Å². The number of carbonyl (C=O) groups excluding carboxylic acids is 10. The van der Waals surface area contributed by atoms with Crippen LogP contribution < -0.4 is 59.7 Å². The average molecular weight is 884 g/mol. The Labute approximate surface area is 358 Å². The van der Waals surface area contributed by atoms with Gasteiger partial charge in [0.15, 0.2) is 0 Å². The summed E-state index contributed by atoms with van der Waals surface area (Å²) < 4.78 is 0. The summed E-state index contributed by atoms with van der Waals surface area (Å²) in [4.78, 5) is 150. The number of carbonyl (C=O) groups is 12. The van der Waals surface area contributed by atoms with Crippen LogP contribution in [0.5, 0.6) is 0 Å². The summed E-state index contributed by atoms with van der Waals surface area (Å²) in [5, 5.41) is 36.0. The van der Waals surface area contributed by atoms with Crippen molar-refractivity contribution in [3.8, 4) is 0 Å². The molecule has 16 N–H and O–H groups in total. The third-order valence-electron chi connectivity index (χ3n) is 8.43. The second kappa shape index (κ2) is 26.3. The van der Waals surface area contributed by atoms with Gasteiger partial charge in [-0.3, -0.25) is 57.5 Å². The van der Waals surface area contributed by atoms with Gasteiger partial charge in [0.1, 0.15) is 36.8 Å². The van der Waals surface area contributed by atoms with Crippen LogP contribution in [0.3, 0.4) is 0 Å². The van der Waals surface area contributed by atoms with Crippen molar-refractivity contribution in [2.75, 3.05) is 26.2 Å². The Morgan fingerprint density at radius 2 is 0.810 bits per heavy atom. The Kier molecular flexibility index (Phi) is 21.4. The number of nitrogens with one attached hydrogen (secondary N) is 8. The van der Waals surface area contributed by atoms with Gasteiger partial charge in [0.2, 0.25) is 59.1 Å². The van der Waals surface area contributed by atoms with Gasteiger partial charge in [0.25, 0.3) is 0 Å². The number of aliphatic carboxylic acids is 2. The van der Waals surface area contributed by atoms with E-state index in [0.29, 0.717) is 11.1 Å². The minimum atomic E-state index is -2.05. The normalized spacial score (nSPS) is 12.8. The largest absolute Gasteiger partial charge is 0.481 e. The summed E-state index contributed by atoms with van der Waals surface area (Å²) in [5.74, 6) is -13.6. The third-order valence-corrected chi connectivity index (χ3v) is 8.43. The summed E-state index contributed by atoms with van der Waals surface area (Å²) in [6.45, 7) is -2.74. The number of carboxylic acid groups (broad SMARTS) is 2. The molecule has 340 valence electrons. The fourth-order valence-corrected chi connectivity index (χ4v) is 5.46. The Morgan fingerprint density at radius 1 is 0.429 bits per heavy atom. The predicted molar refractivity (Wildman–Crippen MR) is 216 cm³/mol. The molecule has 0 aliphatic heterocycles. The fraction of sp³-hybridized carbons (Fsp3) is 0.368. The molecule has 0 spiro atoms. The zero-order valence-electron chi connectivity index (χ0n) is 33.5. The molecular formula is C38H49N11O14. The summed E-state index contributed by atoms with van der Waals surface area (Å²) in [5.41, 5.74) is 17.1. The summed E-state index contributed by atoms with van der Waals surface area (Å²) >= 11 is 0. The molecule has 10 amide bonds. The van der Waals surface area contributed by atoms with Crippen molar-refractivity contribution in [3.05, 3.63) is 71.8 Å². The van der Waals surface area contributed by atoms with E-state index in [4.69, 9.17) is 22.3 Å². The molecule has 0 saturated heterocycles. The molecule has 0 unspecified atom stereocenters. The first-order valence-electron chi connectivity index (χ1n) is 18.9. The lowest BCUT2D eigenvalue weighted by Gasteiger charge is -2.25. The average Bonchev–Trinajstić information content (AvgIpc) is 3.22. The molecule has 0 saturated carbocycles. The lowest BCUT2D eigenvalue weighted by atomic mass is 10.0. The van der Waals surface area contributed by atoms with Gasteiger partial charge in [-0.05, 0) is 11.1 Å². The van der Waals surface area contributed by atoms with E-state index in [1.807, 2.05) is 5.32 Å². The minimum Gasteiger partial charge on any atom is -0.481 e. The van der Waals surface area contributed by atoms with E-state index in [-0.39, 0.29) is 12.8 Å². The van der Waals surface area contributed by atoms with Crippen LogP contribution in [0.4, 0.5) is 0 Å². The molecule has 0 heterocycles. The highest BCUT2D eigenvalue weighted by molar-refractivity contribution is 5.99. The van der Waals surface area contributed by atoms with E-state index >= 15 is 0 Å². The van der Waals surface area contributed by atoms with Crippen LogP contribution in [0.15, 0.2) is 60.7 Å². The van der Waals surface area contributed by atoms with Crippen LogP contribution in [-0.2, 0) is 70.4 Å². The van der Waals surface area contributed by atoms with E-state index in [9.17, 15) is 62.6 Å². The van der Waals surface area contributed by atoms with Crippen molar-refractivity contribution in [1.82, 2.24) is 42.5 Å². The molecule has 63 heavy (non-hydrogen) atoms. The van der Waals surface area contributed by atoms with Gasteiger partial charge in [0.05, 0.1) is 38.9 Å². The van der Waals surface area contributed by atoms with E-state index in [0.717, 1.165) is 0 Å². The second-order valence-electron chi connectivity index (χ2n) is 13.6. The second-order valence-corrected chi connectivity index (χ2v) is 13.6. The Morgan fingerprint density at radius 3 is 1.24 bits per heavy atom. The molecule has 5 atom stereocenters. The molecule has 2 aromatic rings. The van der Waals surface area contributed by atoms with Crippen molar-refractivity contribution >= 4 is 71.0 Å². The van der Waals surface area contributed by atoms with Gasteiger partial charge in [0, 0.05) is 12.8 Å². The molecule has 0 aromatic heterocycles. The van der Waals surface area contributed by atoms with Crippen LogP contribution in [0.1, 0.15) is 30.4 Å². The summed E-state index contributed by atoms with van der Waals surface area (Å²) in [6, 6.07) is 8.31. The highest BCUT2D eigenvalue weighted by atomic mass is 16.4. The van der Waals surface area contributed by atoms with Crippen molar-refractivity contribution in [3.63, 3.8) is 0 Å². The van der Waals surface area contributed by atoms with Crippen LogP contribution in [0.2, 0.25) is 0 Å². The standard InChI is InChI=1S/C38H49N11O14/c39-16-29(52)45-22(11-20-7-3-1-4-8-20)34(59)43-17-30(53)42-18-31(54)46-24(13-27(40)50)36(61)49-26(15-32(55)56)38(63)48-25(14-28(41)51)37(62)47-23(35(60)44-19-33(57)58)12-21-9-5-2-6-10-21/h1-10,22-26H,11-19,39H2,(H2,40,50)(H2,41,51)(H,42,53)(H,43,59)(H,44,60)(H,45,52)(H,46,54)(H,47,62)(H,48,63)(H,49,61)(H,55,56)(H,57,58)/t22-,23-,24-,25-,26-/m0/s1. The predicted octanol–water partition coefficient (Wildman–Crippen LogP) is -6.49. The first-order valence-corrected chi connectivity index (χ1v) is 18.9. The lowest BCUT2D eigenvalue weighted by molar-refractivity contribution is -0.142. The van der Waals surface area contributed by atoms with Gasteiger partial charge in [-0.1, -0.05) is 60.7 Å². The lowest BCUT2D eigenvalue weighted by Crippen LogP contribution is -2.60. The molecule has 0 radical (unpaired) electrons. The van der Waals surface area contributed by atoms with E-state index in [1.165, 1.54) is 0 Å². The summed E-state index contributed by atoms with van der Waals surface area (Å²) in [6.07, 6.45) is -3.10. The molecule has 0 bridgehead atoms. The highest BCUT2D eigenvalue weighted by Crippen LogP contribution is 2.07. The van der Waals surface area contributed by atoms with Crippen LogP contribution in [-0.4, -0.2) is 138 Å². The van der Waals surface area contributed by atoms with Crippen molar-refractivity contribution in [1.29, 1.82) is 0 Å². The number of benzene rings is 2. The maximum absolute atomic E-state index is 13.4. The quantitative estimate of drug-likeness (QED) is 0.0397. The number of hydrogen-bond donors (Lipinski definition) is 13. The molecular weight excluding hydrogens is 834 g/mol. The van der Waals surface area contributed by atoms with Gasteiger partial charge < -0.3 is 69.9 Å². The minimum absolute atomic E-state index is 0.0529. The van der Waals surface area contributed by atoms with E-state index in [1.54, 1.807) is 60.7 Å². The van der Waals surface area contributed by atoms with Gasteiger partial charge >= 0.3 is 11.9 Å². The molecule has 2 aromatic carbocycles. The fourth-order valence-electron chi connectivity index (χ4n) is 5.46. The van der Waals surface area contributed by atoms with Crippen LogP contribution in [0, 0.1) is 0 Å². The van der Waals surface area contributed by atoms with Crippen molar-refractivity contribution in [2.24, 2.45) is 17.2 Å². The Hall–Kier alpha value is -7.96. The topological polar surface area (TPSA) is 420 Å². The zero-order valence-corrected chi connectivity index (χ0v) is 33.5. The molecule has 0 aliphatic rings. The first-order chi connectivity index (χ1) is 29.8. The Balaban J connectivity index is 2.13. The Bertz CT molecular complexity index is 2000. The summed E-state index contributed by atoms with van der Waals surface area (Å²) in [7, 11) is 0.